The maximum absolute atomic E-state index is 14.7. The van der Waals surface area contributed by atoms with Crippen LogP contribution in [0.4, 0.5) is 0 Å². The highest BCUT2D eigenvalue weighted by molar-refractivity contribution is 7.98. The molecule has 0 saturated heterocycles. The fourth-order valence-corrected chi connectivity index (χ4v) is 14.6. The number of carboxylic acid groups (broad SMARTS) is 3. The number of hydrogen-bond donors (Lipinski definition) is 33. The Kier molecular flexibility index (Phi) is 55.2. The Balaban J connectivity index is 1.89. The molecule has 14 amide bonds. The van der Waals surface area contributed by atoms with Crippen LogP contribution in [0.25, 0.3) is 0 Å². The van der Waals surface area contributed by atoms with Crippen LogP contribution in [0, 0.1) is 17.2 Å². The number of carbonyl (C=O) groups is 19. The van der Waals surface area contributed by atoms with Crippen LogP contribution in [0.5, 0.6) is 11.5 Å². The Hall–Kier alpha value is -12.1. The summed E-state index contributed by atoms with van der Waals surface area (Å²) < 4.78 is 2.81. The molecule has 0 bridgehead atoms. The summed E-state index contributed by atoms with van der Waals surface area (Å²) in [5.41, 5.74) is 34.8. The Morgan fingerprint density at radius 3 is 1.11 bits per heavy atom. The Morgan fingerprint density at radius 2 is 0.710 bits per heavy atom. The molecule has 0 heterocycles. The summed E-state index contributed by atoms with van der Waals surface area (Å²) in [6, 6.07) is -8.42. The van der Waals surface area contributed by atoms with Crippen LogP contribution in [0.3, 0.4) is 0 Å². The van der Waals surface area contributed by atoms with Crippen molar-refractivity contribution in [2.45, 2.75) is 233 Å². The van der Waals surface area contributed by atoms with Gasteiger partial charge in [-0.1, -0.05) is 94.2 Å². The molecule has 49 nitrogen and oxygen atoms in total. The molecule has 3 aromatic carbocycles. The number of unbranched alkanes of at least 4 members (excludes halogenated alkanes) is 2. The van der Waals surface area contributed by atoms with E-state index in [-0.39, 0.29) is 107 Å². The van der Waals surface area contributed by atoms with Gasteiger partial charge in [-0.05, 0) is 137 Å². The van der Waals surface area contributed by atoms with E-state index < -0.39 is 270 Å². The van der Waals surface area contributed by atoms with Crippen molar-refractivity contribution in [3.05, 3.63) is 95.6 Å². The molecule has 0 saturated carbocycles. The second-order valence-electron chi connectivity index (χ2n) is 32.8. The van der Waals surface area contributed by atoms with E-state index in [0.717, 1.165) is 11.9 Å². The highest BCUT2D eigenvalue weighted by atomic mass is 32.2. The molecule has 7 unspecified atom stereocenters. The topological polar surface area (TPSA) is 824 Å². The summed E-state index contributed by atoms with van der Waals surface area (Å²) in [6.07, 6.45) is -3.86. The van der Waals surface area contributed by atoms with Gasteiger partial charge in [0.2, 0.25) is 94.3 Å². The molecule has 0 aliphatic heterocycles. The lowest BCUT2D eigenvalue weighted by Gasteiger charge is -2.29. The van der Waals surface area contributed by atoms with Crippen molar-refractivity contribution in [3.63, 3.8) is 0 Å². The SMILES string of the molecule is CC(C)C[C@H](NC(=O)C(NC(=O)[C@H](CC(N)=O)NC(=O)C(CO)NC(=O)[C@H](CO)NC(=O)C(CC(=O)O)NC(=O)[C@H](CC(=O)O)NC(=O)C(Cc1ccccc1)NC(=O)[C@H](Cc1ccc(O)cc1)NN[C@@H](CS)C(=O)O)C(C)C)C(=O)NC(CS)C(=O)N[C@@H](CCCCN)C(=O)NC(CCCCN)C(=O)N[C@@H](Cc1ccc(O)cc1)C(=O)N[C@@H](CCCNC(=N)N)C(=O)C(=O)[C@@H](CS)NSC(C)N. The van der Waals surface area contributed by atoms with Crippen molar-refractivity contribution in [3.8, 4) is 11.5 Å². The van der Waals surface area contributed by atoms with Gasteiger partial charge >= 0.3 is 17.9 Å². The summed E-state index contributed by atoms with van der Waals surface area (Å²) in [7, 11) is 0. The van der Waals surface area contributed by atoms with Crippen LogP contribution < -0.4 is 119 Å². The number of ketones is 2. The Labute approximate surface area is 816 Å². The number of aliphatic hydroxyl groups excluding tert-OH is 2. The third-order valence-electron chi connectivity index (χ3n) is 20.5. The maximum atomic E-state index is 14.7. The number of nitrogens with one attached hydrogen (secondary N) is 18. The predicted molar refractivity (Wildman–Crippen MR) is 512 cm³/mol. The minimum atomic E-state index is -2.29. The first-order valence-corrected chi connectivity index (χ1v) is 46.8. The number of phenols is 2. The number of amides is 14. The number of carbonyl (C=O) groups excluding carboxylic acids is 16. The summed E-state index contributed by atoms with van der Waals surface area (Å²) >= 11 is 13.5. The molecule has 138 heavy (non-hydrogen) atoms. The number of primary amides is 1. The molecule has 35 N–H and O–H groups in total. The number of aliphatic carboxylic acids is 3. The normalized spacial score (nSPS) is 14.9. The average Bonchev–Trinajstić information content (AvgIpc) is 0.841. The molecule has 766 valence electrons. The quantitative estimate of drug-likeness (QED) is 0.00365. The van der Waals surface area contributed by atoms with E-state index in [0.29, 0.717) is 29.5 Å². The van der Waals surface area contributed by atoms with Crippen LogP contribution in [-0.4, -0.2) is 306 Å². The highest BCUT2D eigenvalue weighted by Gasteiger charge is 2.41. The minimum Gasteiger partial charge on any atom is -0.508 e. The molecule has 0 radical (unpaired) electrons. The Bertz CT molecular complexity index is 4580. The molecule has 0 aromatic heterocycles. The summed E-state index contributed by atoms with van der Waals surface area (Å²) in [6.45, 7) is 5.43. The van der Waals surface area contributed by atoms with Crippen molar-refractivity contribution in [2.75, 3.05) is 50.1 Å². The number of phenolic OH excluding ortho intramolecular Hbond substituents is 2. The number of hydrogen-bond acceptors (Lipinski definition) is 34. The van der Waals surface area contributed by atoms with Crippen molar-refractivity contribution < 1.29 is 127 Å². The van der Waals surface area contributed by atoms with Crippen LogP contribution in [0.2, 0.25) is 0 Å². The molecule has 0 fully saturated rings. The van der Waals surface area contributed by atoms with Crippen molar-refractivity contribution in [1.82, 2.24) is 90.0 Å². The lowest BCUT2D eigenvalue weighted by atomic mass is 9.98. The molecule has 53 heteroatoms. The number of rotatable bonds is 68. The van der Waals surface area contributed by atoms with Crippen LogP contribution in [0.1, 0.15) is 128 Å². The van der Waals surface area contributed by atoms with Gasteiger partial charge in [-0.15, -0.1) is 0 Å². The number of thiol groups is 3. The summed E-state index contributed by atoms with van der Waals surface area (Å²) in [5.74, 6) is -26.5. The van der Waals surface area contributed by atoms with Crippen molar-refractivity contribution in [1.29, 1.82) is 5.41 Å². The molecular weight excluding hydrogens is 1890 g/mol. The van der Waals surface area contributed by atoms with Gasteiger partial charge in [0.05, 0.1) is 49.9 Å². The fraction of sp³-hybridized carbons (Fsp3) is 0.553. The smallest absolute Gasteiger partial charge is 0.322 e. The van der Waals surface area contributed by atoms with E-state index in [1.807, 2.05) is 16.0 Å². The van der Waals surface area contributed by atoms with E-state index in [4.69, 9.17) is 34.1 Å². The van der Waals surface area contributed by atoms with Gasteiger partial charge in [-0.3, -0.25) is 101 Å². The zero-order chi connectivity index (χ0) is 104. The molecule has 0 aliphatic carbocycles. The first-order chi connectivity index (χ1) is 65.2. The fourth-order valence-electron chi connectivity index (χ4n) is 13.1. The number of hydrazine groups is 1. The molecular formula is C85H131N23O26S4. The zero-order valence-electron chi connectivity index (χ0n) is 76.8. The average molecular weight is 2020 g/mol. The number of benzene rings is 3. The largest absolute Gasteiger partial charge is 0.508 e. The van der Waals surface area contributed by atoms with E-state index in [1.165, 1.54) is 62.4 Å². The maximum Gasteiger partial charge on any atom is 0.322 e. The molecule has 17 atom stereocenters. The number of guanidine groups is 1. The van der Waals surface area contributed by atoms with Crippen LogP contribution in [0.15, 0.2) is 78.9 Å². The van der Waals surface area contributed by atoms with E-state index >= 15 is 0 Å². The lowest BCUT2D eigenvalue weighted by Crippen LogP contribution is -2.62. The van der Waals surface area contributed by atoms with Crippen molar-refractivity contribution in [2.24, 2.45) is 40.5 Å². The van der Waals surface area contributed by atoms with Gasteiger partial charge in [0.1, 0.15) is 96.1 Å². The number of aromatic hydroxyl groups is 2. The number of nitrogens with two attached hydrogens (primary N) is 5. The van der Waals surface area contributed by atoms with Gasteiger partial charge in [0, 0.05) is 36.6 Å². The van der Waals surface area contributed by atoms with Gasteiger partial charge in [0.25, 0.3) is 0 Å². The van der Waals surface area contributed by atoms with Crippen LogP contribution in [-0.2, 0) is 110 Å². The van der Waals surface area contributed by atoms with Gasteiger partial charge in [-0.2, -0.15) is 37.9 Å². The van der Waals surface area contributed by atoms with Crippen LogP contribution >= 0.6 is 49.8 Å². The Morgan fingerprint density at radius 1 is 0.377 bits per heavy atom. The highest BCUT2D eigenvalue weighted by Crippen LogP contribution is 2.19. The third-order valence-corrected chi connectivity index (χ3v) is 22.4. The van der Waals surface area contributed by atoms with Gasteiger partial charge in [0.15, 0.2) is 5.96 Å². The molecule has 3 rings (SSSR count). The van der Waals surface area contributed by atoms with E-state index in [2.05, 4.69) is 112 Å². The van der Waals surface area contributed by atoms with Gasteiger partial charge in [-0.25, -0.2) is 10.9 Å². The molecule has 3 aromatic rings. The monoisotopic (exact) mass is 2020 g/mol. The summed E-state index contributed by atoms with van der Waals surface area (Å²) in [4.78, 5) is 263. The van der Waals surface area contributed by atoms with E-state index in [1.54, 1.807) is 51.1 Å². The van der Waals surface area contributed by atoms with Crippen molar-refractivity contribution >= 4 is 168 Å². The second-order valence-corrected chi connectivity index (χ2v) is 35.1. The number of carboxylic acids is 3. The van der Waals surface area contributed by atoms with Gasteiger partial charge < -0.3 is 139 Å². The summed E-state index contributed by atoms with van der Waals surface area (Å²) in [5, 5.41) is 111. The zero-order valence-corrected chi connectivity index (χ0v) is 80.3. The molecule has 0 aliphatic rings. The molecule has 0 spiro atoms. The first-order valence-electron chi connectivity index (χ1n) is 44.0. The lowest BCUT2D eigenvalue weighted by molar-refractivity contribution is -0.143. The number of Topliss-reactive ketones (excluding diaryl/α,β-unsaturated/α-hetero) is 2. The minimum absolute atomic E-state index is 0.0415. The second kappa shape index (κ2) is 63.4. The third kappa shape index (κ3) is 44.6. The van der Waals surface area contributed by atoms with E-state index in [9.17, 15) is 127 Å². The first kappa shape index (κ1) is 120. The standard InChI is InChI=1S/C85H131N23O26S4/c1-42(2)30-53(73(122)104-63(40-136)82(131)95-51(16-9-11-27-86)71(120)94-52(17-10-12-28-87)72(121)96-55(32-46-19-23-48(111)24-20-46)74(123)93-50(18-13-29-92-85(90)91)69(118)70(119)62(39-135)108-138-44(5)88)101-83(132)68(43(3)4)105-78(127)56(34-65(89)113)98-80(129)60(37-109)103-81(130)61(38-110)102-77(126)58(36-67(116)117)100-76(125)57(35-66(114)115)99-75(124)54(31-45-14-7-6-8-15-45)97-79(128)59(106-107-64(41-137)84(133)134)33-47-21-25-49(112)26-22-47/h6-8,14-15,19-26,42-44,50-64,68,106-112,135-137H,9-13,16-18,27-41,86-88H2,1-5H3,(H2,89,113)(H,93,123)(H,94,120)(H,95,131)(H,96,121)(H,97,128)(H,98,129)(H,99,124)(H,100,125)(H,101,132)(H,102,126)(H,103,130)(H,104,122)(H,105,127)(H,114,115)(H,116,117)(H,133,134)(H4,90,91,92)/t44?,50-,51-,52?,53-,54?,55-,56-,57-,58?,59-,60?,61-,62+,63?,64-,68?/m0/s1. The number of aliphatic hydroxyl groups is 2. The predicted octanol–water partition coefficient (Wildman–Crippen LogP) is -7.78.